The molecule has 0 spiro atoms. The van der Waals surface area contributed by atoms with Crippen LogP contribution in [-0.4, -0.2) is 42.1 Å². The molecule has 4 nitrogen and oxygen atoms in total. The predicted molar refractivity (Wildman–Crippen MR) is 93.5 cm³/mol. The SMILES string of the molecule is CO[C@H]1CCN(C(=O)Cc2ccncc2)C[C@H]1Cc1ccccc1F. The van der Waals surface area contributed by atoms with E-state index in [9.17, 15) is 9.18 Å². The summed E-state index contributed by atoms with van der Waals surface area (Å²) in [7, 11) is 1.69. The van der Waals surface area contributed by atoms with Crippen molar-refractivity contribution >= 4 is 5.91 Å². The summed E-state index contributed by atoms with van der Waals surface area (Å²) in [6.07, 6.45) is 5.15. The van der Waals surface area contributed by atoms with Gasteiger partial charge in [-0.15, -0.1) is 0 Å². The molecule has 1 aliphatic rings. The van der Waals surface area contributed by atoms with Gasteiger partial charge in [0.2, 0.25) is 5.91 Å². The Morgan fingerprint density at radius 1 is 1.28 bits per heavy atom. The highest BCUT2D eigenvalue weighted by molar-refractivity contribution is 5.78. The third-order valence-electron chi connectivity index (χ3n) is 4.86. The second kappa shape index (κ2) is 8.21. The van der Waals surface area contributed by atoms with Crippen LogP contribution in [0.3, 0.4) is 0 Å². The minimum atomic E-state index is -0.197. The molecule has 2 atom stereocenters. The van der Waals surface area contributed by atoms with Gasteiger partial charge in [0.1, 0.15) is 5.82 Å². The number of carbonyl (C=O) groups excluding carboxylic acids is 1. The minimum absolute atomic E-state index is 0.0459. The van der Waals surface area contributed by atoms with Gasteiger partial charge >= 0.3 is 0 Å². The number of rotatable bonds is 5. The van der Waals surface area contributed by atoms with Crippen LogP contribution in [0.25, 0.3) is 0 Å². The molecule has 1 aromatic carbocycles. The highest BCUT2D eigenvalue weighted by atomic mass is 19.1. The number of pyridine rings is 1. The number of piperidine rings is 1. The molecule has 132 valence electrons. The molecular formula is C20H23FN2O2. The van der Waals surface area contributed by atoms with Crippen LogP contribution in [0, 0.1) is 11.7 Å². The van der Waals surface area contributed by atoms with E-state index in [0.29, 0.717) is 31.5 Å². The van der Waals surface area contributed by atoms with Crippen LogP contribution >= 0.6 is 0 Å². The summed E-state index contributed by atoms with van der Waals surface area (Å²) in [5.41, 5.74) is 1.64. The normalized spacial score (nSPS) is 20.5. The number of carbonyl (C=O) groups is 1. The first-order valence-corrected chi connectivity index (χ1v) is 8.60. The molecule has 1 aliphatic heterocycles. The van der Waals surface area contributed by atoms with Crippen molar-refractivity contribution in [3.05, 3.63) is 65.7 Å². The van der Waals surface area contributed by atoms with Gasteiger partial charge in [0.05, 0.1) is 12.5 Å². The van der Waals surface area contributed by atoms with Crippen molar-refractivity contribution < 1.29 is 13.9 Å². The molecule has 0 bridgehead atoms. The van der Waals surface area contributed by atoms with E-state index >= 15 is 0 Å². The van der Waals surface area contributed by atoms with Gasteiger partial charge < -0.3 is 9.64 Å². The van der Waals surface area contributed by atoms with Crippen molar-refractivity contribution in [2.45, 2.75) is 25.4 Å². The molecule has 5 heteroatoms. The molecule has 0 unspecified atom stereocenters. The van der Waals surface area contributed by atoms with Crippen LogP contribution in [0.1, 0.15) is 17.5 Å². The molecule has 1 saturated heterocycles. The number of aromatic nitrogens is 1. The summed E-state index contributed by atoms with van der Waals surface area (Å²) in [6.45, 7) is 1.27. The number of benzene rings is 1. The maximum absolute atomic E-state index is 14.0. The first kappa shape index (κ1) is 17.5. The second-order valence-electron chi connectivity index (χ2n) is 6.49. The Morgan fingerprint density at radius 3 is 2.76 bits per heavy atom. The van der Waals surface area contributed by atoms with Gasteiger partial charge in [-0.25, -0.2) is 4.39 Å². The van der Waals surface area contributed by atoms with Crippen molar-refractivity contribution in [3.8, 4) is 0 Å². The van der Waals surface area contributed by atoms with E-state index in [1.165, 1.54) is 6.07 Å². The van der Waals surface area contributed by atoms with Crippen molar-refractivity contribution in [2.75, 3.05) is 20.2 Å². The molecule has 0 aliphatic carbocycles. The van der Waals surface area contributed by atoms with Gasteiger partial charge in [0, 0.05) is 38.5 Å². The van der Waals surface area contributed by atoms with Crippen LogP contribution in [0.5, 0.6) is 0 Å². The Bertz CT molecular complexity index is 708. The quantitative estimate of drug-likeness (QED) is 0.839. The van der Waals surface area contributed by atoms with Crippen LogP contribution in [0.15, 0.2) is 48.8 Å². The van der Waals surface area contributed by atoms with Crippen molar-refractivity contribution in [3.63, 3.8) is 0 Å². The van der Waals surface area contributed by atoms with Crippen LogP contribution in [0.4, 0.5) is 4.39 Å². The Kier molecular flexibility index (Phi) is 5.76. The largest absolute Gasteiger partial charge is 0.381 e. The number of likely N-dealkylation sites (tertiary alicyclic amines) is 1. The Morgan fingerprint density at radius 2 is 2.04 bits per heavy atom. The summed E-state index contributed by atoms with van der Waals surface area (Å²) >= 11 is 0. The molecule has 1 aromatic heterocycles. The maximum atomic E-state index is 14.0. The van der Waals surface area contributed by atoms with Crippen LogP contribution < -0.4 is 0 Å². The lowest BCUT2D eigenvalue weighted by molar-refractivity contribution is -0.134. The average molecular weight is 342 g/mol. The summed E-state index contributed by atoms with van der Waals surface area (Å²) in [6, 6.07) is 10.5. The highest BCUT2D eigenvalue weighted by Crippen LogP contribution is 2.25. The summed E-state index contributed by atoms with van der Waals surface area (Å²) in [5.74, 6) is -0.00563. The second-order valence-corrected chi connectivity index (χ2v) is 6.49. The molecule has 25 heavy (non-hydrogen) atoms. The summed E-state index contributed by atoms with van der Waals surface area (Å²) in [4.78, 5) is 18.5. The Hall–Kier alpha value is -2.27. The third-order valence-corrected chi connectivity index (χ3v) is 4.86. The molecule has 0 saturated carbocycles. The van der Waals surface area contributed by atoms with E-state index in [2.05, 4.69) is 4.98 Å². The molecular weight excluding hydrogens is 319 g/mol. The van der Waals surface area contributed by atoms with Gasteiger partial charge in [-0.05, 0) is 42.2 Å². The van der Waals surface area contributed by atoms with Crippen LogP contribution in [0.2, 0.25) is 0 Å². The fourth-order valence-corrected chi connectivity index (χ4v) is 3.48. The molecule has 0 radical (unpaired) electrons. The van der Waals surface area contributed by atoms with Crippen molar-refractivity contribution in [2.24, 2.45) is 5.92 Å². The molecule has 3 rings (SSSR count). The highest BCUT2D eigenvalue weighted by Gasteiger charge is 2.32. The van der Waals surface area contributed by atoms with E-state index in [1.54, 1.807) is 31.6 Å². The van der Waals surface area contributed by atoms with Crippen LogP contribution in [-0.2, 0) is 22.4 Å². The maximum Gasteiger partial charge on any atom is 0.227 e. The topological polar surface area (TPSA) is 42.4 Å². The van der Waals surface area contributed by atoms with Crippen molar-refractivity contribution in [1.29, 1.82) is 0 Å². The molecule has 2 aromatic rings. The number of halogens is 1. The number of hydrogen-bond acceptors (Lipinski definition) is 3. The molecule has 1 amide bonds. The molecule has 1 fully saturated rings. The van der Waals surface area contributed by atoms with Crippen molar-refractivity contribution in [1.82, 2.24) is 9.88 Å². The molecule has 0 N–H and O–H groups in total. The standard InChI is InChI=1S/C20H23FN2O2/c1-25-19-8-11-23(20(24)12-15-6-9-22-10-7-15)14-17(19)13-16-4-2-3-5-18(16)21/h2-7,9-10,17,19H,8,11-14H2,1H3/t17-,19+/m1/s1. The lowest BCUT2D eigenvalue weighted by atomic mass is 9.88. The Balaban J connectivity index is 1.67. The van der Waals surface area contributed by atoms with E-state index in [4.69, 9.17) is 4.74 Å². The number of ether oxygens (including phenoxy) is 1. The van der Waals surface area contributed by atoms with Gasteiger partial charge in [-0.1, -0.05) is 18.2 Å². The van der Waals surface area contributed by atoms with E-state index < -0.39 is 0 Å². The number of nitrogens with zero attached hydrogens (tertiary/aromatic N) is 2. The first-order chi connectivity index (χ1) is 12.2. The molecule has 2 heterocycles. The fraction of sp³-hybridized carbons (Fsp3) is 0.400. The lowest BCUT2D eigenvalue weighted by Gasteiger charge is -2.38. The summed E-state index contributed by atoms with van der Waals surface area (Å²) < 4.78 is 19.6. The van der Waals surface area contributed by atoms with Gasteiger partial charge in [0.25, 0.3) is 0 Å². The third kappa shape index (κ3) is 4.42. The predicted octanol–water partition coefficient (Wildman–Crippen LogP) is 2.87. The Labute approximate surface area is 147 Å². The minimum Gasteiger partial charge on any atom is -0.381 e. The lowest BCUT2D eigenvalue weighted by Crippen LogP contribution is -2.47. The van der Waals surface area contributed by atoms with Gasteiger partial charge in [0.15, 0.2) is 0 Å². The smallest absolute Gasteiger partial charge is 0.227 e. The first-order valence-electron chi connectivity index (χ1n) is 8.60. The fourth-order valence-electron chi connectivity index (χ4n) is 3.48. The van der Waals surface area contributed by atoms with E-state index in [1.807, 2.05) is 23.1 Å². The zero-order valence-electron chi connectivity index (χ0n) is 14.4. The number of methoxy groups -OCH3 is 1. The summed E-state index contributed by atoms with van der Waals surface area (Å²) in [5, 5.41) is 0. The van der Waals surface area contributed by atoms with Gasteiger partial charge in [-0.3, -0.25) is 9.78 Å². The van der Waals surface area contributed by atoms with E-state index in [-0.39, 0.29) is 23.7 Å². The number of hydrogen-bond donors (Lipinski definition) is 0. The number of amides is 1. The zero-order chi connectivity index (χ0) is 17.6. The van der Waals surface area contributed by atoms with Gasteiger partial charge in [-0.2, -0.15) is 0 Å². The zero-order valence-corrected chi connectivity index (χ0v) is 14.4. The monoisotopic (exact) mass is 342 g/mol. The van der Waals surface area contributed by atoms with E-state index in [0.717, 1.165) is 12.0 Å². The average Bonchev–Trinajstić information content (AvgIpc) is 2.64.